The second-order valence-electron chi connectivity index (χ2n) is 3.23. The zero-order valence-corrected chi connectivity index (χ0v) is 6.45. The lowest BCUT2D eigenvalue weighted by Gasteiger charge is -2.30. The van der Waals surface area contributed by atoms with Gasteiger partial charge in [0.15, 0.2) is 0 Å². The zero-order valence-electron chi connectivity index (χ0n) is 6.45. The van der Waals surface area contributed by atoms with Crippen molar-refractivity contribution in [1.29, 1.82) is 0 Å². The summed E-state index contributed by atoms with van der Waals surface area (Å²) >= 11 is 0. The van der Waals surface area contributed by atoms with E-state index in [1.165, 1.54) is 0 Å². The van der Waals surface area contributed by atoms with E-state index in [0.29, 0.717) is 12.5 Å². The molecule has 1 fully saturated rings. The van der Waals surface area contributed by atoms with Gasteiger partial charge in [0.05, 0.1) is 12.5 Å². The number of rotatable bonds is 0. The lowest BCUT2D eigenvalue weighted by Crippen LogP contribution is -2.32. The van der Waals surface area contributed by atoms with Crippen molar-refractivity contribution in [2.75, 3.05) is 6.61 Å². The summed E-state index contributed by atoms with van der Waals surface area (Å²) in [5, 5.41) is 0. The van der Waals surface area contributed by atoms with E-state index in [2.05, 4.69) is 12.2 Å². The smallest absolute Gasteiger partial charge is 0.309 e. The molecule has 1 aliphatic heterocycles. The highest BCUT2D eigenvalue weighted by atomic mass is 16.5. The van der Waals surface area contributed by atoms with Crippen LogP contribution in [0.1, 0.15) is 19.3 Å². The third kappa shape index (κ3) is 1.17. The van der Waals surface area contributed by atoms with Crippen LogP contribution in [0.25, 0.3) is 0 Å². The van der Waals surface area contributed by atoms with Crippen molar-refractivity contribution >= 4 is 5.97 Å². The van der Waals surface area contributed by atoms with E-state index >= 15 is 0 Å². The summed E-state index contributed by atoms with van der Waals surface area (Å²) < 4.78 is 4.97. The van der Waals surface area contributed by atoms with Crippen molar-refractivity contribution in [2.45, 2.75) is 19.3 Å². The largest absolute Gasteiger partial charge is 0.465 e. The van der Waals surface area contributed by atoms with Crippen LogP contribution in [0.3, 0.4) is 0 Å². The van der Waals surface area contributed by atoms with E-state index in [9.17, 15) is 4.79 Å². The fourth-order valence-electron chi connectivity index (χ4n) is 1.89. The summed E-state index contributed by atoms with van der Waals surface area (Å²) in [6.45, 7) is 0.615. The molecule has 0 saturated carbocycles. The normalized spacial score (nSPS) is 36.2. The molecule has 0 amide bonds. The minimum absolute atomic E-state index is 0.0191. The number of carbonyl (C=O) groups is 1. The number of fused-ring (bicyclic) bond motifs is 1. The molecule has 1 saturated heterocycles. The van der Waals surface area contributed by atoms with Crippen LogP contribution >= 0.6 is 0 Å². The van der Waals surface area contributed by atoms with Crippen LogP contribution in [0.15, 0.2) is 12.2 Å². The molecule has 11 heavy (non-hydrogen) atoms. The Morgan fingerprint density at radius 1 is 1.45 bits per heavy atom. The number of cyclic esters (lactones) is 1. The van der Waals surface area contributed by atoms with E-state index < -0.39 is 0 Å². The van der Waals surface area contributed by atoms with E-state index in [-0.39, 0.29) is 11.9 Å². The van der Waals surface area contributed by atoms with Crippen molar-refractivity contribution in [3.8, 4) is 0 Å². The van der Waals surface area contributed by atoms with Crippen molar-refractivity contribution in [2.24, 2.45) is 11.8 Å². The minimum Gasteiger partial charge on any atom is -0.465 e. The molecular weight excluding hydrogens is 140 g/mol. The van der Waals surface area contributed by atoms with Gasteiger partial charge in [-0.1, -0.05) is 12.2 Å². The average molecular weight is 152 g/mol. The van der Waals surface area contributed by atoms with Crippen LogP contribution in [0, 0.1) is 11.8 Å². The van der Waals surface area contributed by atoms with E-state index in [4.69, 9.17) is 4.74 Å². The van der Waals surface area contributed by atoms with Crippen LogP contribution < -0.4 is 0 Å². The number of ether oxygens (including phenoxy) is 1. The standard InChI is InChI=1S/C9H12O2/c10-9-8-4-2-1-3-7(8)5-6-11-9/h1,3,7-8H,2,4-6H2/t7-,8-/m1/s1. The Balaban J connectivity index is 2.15. The molecule has 0 aromatic rings. The van der Waals surface area contributed by atoms with Crippen LogP contribution in [0.4, 0.5) is 0 Å². The number of hydrogen-bond donors (Lipinski definition) is 0. The summed E-state index contributed by atoms with van der Waals surface area (Å²) in [4.78, 5) is 11.2. The summed E-state index contributed by atoms with van der Waals surface area (Å²) in [5.74, 6) is 0.671. The van der Waals surface area contributed by atoms with E-state index in [1.807, 2.05) is 0 Å². The van der Waals surface area contributed by atoms with Gasteiger partial charge in [-0.2, -0.15) is 0 Å². The van der Waals surface area contributed by atoms with Crippen LogP contribution in [-0.2, 0) is 9.53 Å². The molecule has 2 atom stereocenters. The Kier molecular flexibility index (Phi) is 1.68. The predicted octanol–water partition coefficient (Wildman–Crippen LogP) is 1.52. The highest BCUT2D eigenvalue weighted by molar-refractivity contribution is 5.74. The first-order valence-corrected chi connectivity index (χ1v) is 4.21. The number of carbonyl (C=O) groups excluding carboxylic acids is 1. The zero-order chi connectivity index (χ0) is 7.68. The molecule has 60 valence electrons. The monoisotopic (exact) mass is 152 g/mol. The molecule has 0 aromatic carbocycles. The van der Waals surface area contributed by atoms with Gasteiger partial charge in [-0.05, 0) is 25.2 Å². The van der Waals surface area contributed by atoms with Crippen molar-refractivity contribution < 1.29 is 9.53 Å². The van der Waals surface area contributed by atoms with Gasteiger partial charge in [-0.3, -0.25) is 4.79 Å². The van der Waals surface area contributed by atoms with Crippen molar-refractivity contribution in [3.63, 3.8) is 0 Å². The second-order valence-corrected chi connectivity index (χ2v) is 3.23. The number of esters is 1. The van der Waals surface area contributed by atoms with Gasteiger partial charge in [-0.25, -0.2) is 0 Å². The Morgan fingerprint density at radius 2 is 2.36 bits per heavy atom. The Morgan fingerprint density at radius 3 is 3.18 bits per heavy atom. The van der Waals surface area contributed by atoms with Crippen LogP contribution in [0.2, 0.25) is 0 Å². The molecule has 0 radical (unpaired) electrons. The molecular formula is C9H12O2. The van der Waals surface area contributed by atoms with Gasteiger partial charge in [0.1, 0.15) is 0 Å². The Bertz CT molecular complexity index is 196. The third-order valence-electron chi connectivity index (χ3n) is 2.54. The van der Waals surface area contributed by atoms with Crippen LogP contribution in [-0.4, -0.2) is 12.6 Å². The predicted molar refractivity (Wildman–Crippen MR) is 40.9 cm³/mol. The maximum atomic E-state index is 11.2. The van der Waals surface area contributed by atoms with Gasteiger partial charge in [0, 0.05) is 0 Å². The molecule has 0 aromatic heterocycles. The summed E-state index contributed by atoms with van der Waals surface area (Å²) in [6.07, 6.45) is 7.40. The molecule has 0 bridgehead atoms. The summed E-state index contributed by atoms with van der Waals surface area (Å²) in [7, 11) is 0. The Labute approximate surface area is 66.2 Å². The maximum Gasteiger partial charge on any atom is 0.309 e. The van der Waals surface area contributed by atoms with Gasteiger partial charge in [0.2, 0.25) is 0 Å². The Hall–Kier alpha value is -0.790. The molecule has 2 heteroatoms. The van der Waals surface area contributed by atoms with Crippen molar-refractivity contribution in [3.05, 3.63) is 12.2 Å². The van der Waals surface area contributed by atoms with Gasteiger partial charge in [0.25, 0.3) is 0 Å². The van der Waals surface area contributed by atoms with E-state index in [0.717, 1.165) is 19.3 Å². The SMILES string of the molecule is O=C1OCC[C@H]2C=CCC[C@@H]12. The summed E-state index contributed by atoms with van der Waals surface area (Å²) in [6, 6.07) is 0. The molecule has 2 nitrogen and oxygen atoms in total. The molecule has 1 heterocycles. The second kappa shape index (κ2) is 2.68. The quantitative estimate of drug-likeness (QED) is 0.388. The molecule has 0 N–H and O–H groups in total. The fourth-order valence-corrected chi connectivity index (χ4v) is 1.89. The minimum atomic E-state index is 0.0191. The first-order valence-electron chi connectivity index (χ1n) is 4.21. The maximum absolute atomic E-state index is 11.2. The first kappa shape index (κ1) is 6.89. The highest BCUT2D eigenvalue weighted by Crippen LogP contribution is 2.31. The van der Waals surface area contributed by atoms with E-state index in [1.54, 1.807) is 0 Å². The first-order chi connectivity index (χ1) is 5.38. The third-order valence-corrected chi connectivity index (χ3v) is 2.54. The molecule has 1 aliphatic carbocycles. The van der Waals surface area contributed by atoms with Crippen molar-refractivity contribution in [1.82, 2.24) is 0 Å². The number of hydrogen-bond acceptors (Lipinski definition) is 2. The topological polar surface area (TPSA) is 26.3 Å². The summed E-state index contributed by atoms with van der Waals surface area (Å²) in [5.41, 5.74) is 0. The lowest BCUT2D eigenvalue weighted by molar-refractivity contribution is -0.155. The number of allylic oxidation sites excluding steroid dienone is 2. The van der Waals surface area contributed by atoms with Crippen LogP contribution in [0.5, 0.6) is 0 Å². The molecule has 2 rings (SSSR count). The molecule has 0 spiro atoms. The molecule has 0 unspecified atom stereocenters. The van der Waals surface area contributed by atoms with Gasteiger partial charge >= 0.3 is 5.97 Å². The van der Waals surface area contributed by atoms with Gasteiger partial charge in [-0.15, -0.1) is 0 Å². The highest BCUT2D eigenvalue weighted by Gasteiger charge is 2.32. The lowest BCUT2D eigenvalue weighted by atomic mass is 9.81. The molecule has 2 aliphatic rings. The fraction of sp³-hybridized carbons (Fsp3) is 0.667. The van der Waals surface area contributed by atoms with Gasteiger partial charge < -0.3 is 4.74 Å². The average Bonchev–Trinajstić information content (AvgIpc) is 2.06.